The summed E-state index contributed by atoms with van der Waals surface area (Å²) in [5.41, 5.74) is 7.58. The molecule has 0 aliphatic heterocycles. The van der Waals surface area contributed by atoms with Gasteiger partial charge in [-0.25, -0.2) is 8.78 Å². The van der Waals surface area contributed by atoms with Crippen LogP contribution in [0.1, 0.15) is 0 Å². The number of nitrogens with zero attached hydrogens (tertiary/aromatic N) is 1. The Morgan fingerprint density at radius 3 is 2.25 bits per heavy atom. The Kier molecular flexibility index (Phi) is 2.95. The highest BCUT2D eigenvalue weighted by atomic mass is 19.1. The summed E-state index contributed by atoms with van der Waals surface area (Å²) in [6.45, 7) is 0. The lowest BCUT2D eigenvalue weighted by atomic mass is 10.0. The highest BCUT2D eigenvalue weighted by Crippen LogP contribution is 2.29. The maximum atomic E-state index is 13.9. The van der Waals surface area contributed by atoms with E-state index in [9.17, 15) is 8.78 Å². The molecule has 0 fully saturated rings. The number of aromatic nitrogens is 1. The van der Waals surface area contributed by atoms with Gasteiger partial charge in [0.25, 0.3) is 0 Å². The van der Waals surface area contributed by atoms with Gasteiger partial charge in [-0.05, 0) is 35.4 Å². The molecule has 0 unspecified atom stereocenters. The highest BCUT2D eigenvalue weighted by molar-refractivity contribution is 5.72. The predicted octanol–water partition coefficient (Wildman–Crippen LogP) is 3.87. The van der Waals surface area contributed by atoms with Gasteiger partial charge in [-0.2, -0.15) is 0 Å². The topological polar surface area (TPSA) is 52.0 Å². The van der Waals surface area contributed by atoms with Crippen molar-refractivity contribution in [2.45, 2.75) is 0 Å². The Morgan fingerprint density at radius 1 is 0.900 bits per heavy atom. The molecule has 2 aromatic carbocycles. The maximum Gasteiger partial charge on any atom is 0.222 e. The van der Waals surface area contributed by atoms with Crippen molar-refractivity contribution in [3.63, 3.8) is 0 Å². The molecule has 0 bridgehead atoms. The lowest BCUT2D eigenvalue weighted by Crippen LogP contribution is -1.87. The molecule has 100 valence electrons. The van der Waals surface area contributed by atoms with Crippen LogP contribution in [0.3, 0.4) is 0 Å². The summed E-state index contributed by atoms with van der Waals surface area (Å²) in [6.07, 6.45) is 0. The van der Waals surface area contributed by atoms with Crippen molar-refractivity contribution < 1.29 is 13.3 Å². The number of hydrogen-bond acceptors (Lipinski definition) is 3. The molecule has 0 saturated heterocycles. The van der Waals surface area contributed by atoms with Crippen LogP contribution >= 0.6 is 0 Å². The first-order valence-corrected chi connectivity index (χ1v) is 5.91. The zero-order chi connectivity index (χ0) is 14.1. The fourth-order valence-corrected chi connectivity index (χ4v) is 1.96. The predicted molar refractivity (Wildman–Crippen MR) is 71.7 cm³/mol. The van der Waals surface area contributed by atoms with Gasteiger partial charge in [0.2, 0.25) is 5.88 Å². The lowest BCUT2D eigenvalue weighted by molar-refractivity contribution is 0.438. The summed E-state index contributed by atoms with van der Waals surface area (Å²) in [4.78, 5) is 0. The minimum atomic E-state index is -0.427. The summed E-state index contributed by atoms with van der Waals surface area (Å²) in [5.74, 6) is -0.629. The summed E-state index contributed by atoms with van der Waals surface area (Å²) in [5, 5.41) is 3.70. The van der Waals surface area contributed by atoms with E-state index in [0.29, 0.717) is 5.69 Å². The van der Waals surface area contributed by atoms with Crippen molar-refractivity contribution in [3.8, 4) is 22.4 Å². The van der Waals surface area contributed by atoms with E-state index >= 15 is 0 Å². The fourth-order valence-electron chi connectivity index (χ4n) is 1.96. The van der Waals surface area contributed by atoms with Gasteiger partial charge in [0.15, 0.2) is 0 Å². The Hall–Kier alpha value is -2.69. The largest absolute Gasteiger partial charge is 0.368 e. The van der Waals surface area contributed by atoms with Crippen LogP contribution in [0.25, 0.3) is 22.4 Å². The zero-order valence-electron chi connectivity index (χ0n) is 10.3. The molecule has 0 atom stereocenters. The zero-order valence-corrected chi connectivity index (χ0v) is 10.3. The van der Waals surface area contributed by atoms with Gasteiger partial charge >= 0.3 is 0 Å². The molecular weight excluding hydrogens is 262 g/mol. The number of anilines is 1. The first-order valence-electron chi connectivity index (χ1n) is 5.91. The number of nitrogen functional groups attached to an aromatic ring is 1. The van der Waals surface area contributed by atoms with Gasteiger partial charge in [-0.1, -0.05) is 23.4 Å². The summed E-state index contributed by atoms with van der Waals surface area (Å²) < 4.78 is 31.5. The average Bonchev–Trinajstić information content (AvgIpc) is 2.87. The van der Waals surface area contributed by atoms with Crippen LogP contribution < -0.4 is 5.73 Å². The Bertz CT molecular complexity index is 751. The molecule has 0 saturated carbocycles. The SMILES string of the molecule is Nc1cc(-c2cc(-c3ccc(F)cc3)ccc2F)no1. The smallest absolute Gasteiger partial charge is 0.222 e. The molecule has 1 heterocycles. The van der Waals surface area contributed by atoms with Crippen LogP contribution in [0, 0.1) is 11.6 Å². The molecule has 3 aromatic rings. The van der Waals surface area contributed by atoms with Crippen LogP contribution in [0.15, 0.2) is 53.1 Å². The quantitative estimate of drug-likeness (QED) is 0.770. The minimum Gasteiger partial charge on any atom is -0.368 e. The van der Waals surface area contributed by atoms with Crippen LogP contribution in [0.5, 0.6) is 0 Å². The molecule has 2 N–H and O–H groups in total. The molecule has 0 spiro atoms. The summed E-state index contributed by atoms with van der Waals surface area (Å²) >= 11 is 0. The molecule has 0 aliphatic carbocycles. The molecule has 0 amide bonds. The van der Waals surface area contributed by atoms with Crippen LogP contribution in [-0.2, 0) is 0 Å². The van der Waals surface area contributed by atoms with Crippen molar-refractivity contribution in [3.05, 3.63) is 60.2 Å². The van der Waals surface area contributed by atoms with E-state index in [1.165, 1.54) is 24.3 Å². The monoisotopic (exact) mass is 272 g/mol. The standard InChI is InChI=1S/C15H10F2N2O/c16-11-4-1-9(2-5-11)10-3-6-13(17)12(7-10)14-8-15(18)20-19-14/h1-8H,18H2. The van der Waals surface area contributed by atoms with Gasteiger partial charge in [-0.15, -0.1) is 0 Å². The number of nitrogens with two attached hydrogens (primary N) is 1. The van der Waals surface area contributed by atoms with E-state index in [0.717, 1.165) is 11.1 Å². The molecule has 1 aromatic heterocycles. The Balaban J connectivity index is 2.08. The minimum absolute atomic E-state index is 0.117. The van der Waals surface area contributed by atoms with Crippen LogP contribution in [0.4, 0.5) is 14.7 Å². The van der Waals surface area contributed by atoms with Gasteiger partial charge < -0.3 is 10.3 Å². The van der Waals surface area contributed by atoms with Gasteiger partial charge in [0.05, 0.1) is 0 Å². The molecule has 0 aliphatic rings. The average molecular weight is 272 g/mol. The summed E-state index contributed by atoms with van der Waals surface area (Å²) in [7, 11) is 0. The van der Waals surface area contributed by atoms with E-state index in [2.05, 4.69) is 5.16 Å². The molecule has 0 radical (unpaired) electrons. The third-order valence-corrected chi connectivity index (χ3v) is 2.95. The Morgan fingerprint density at radius 2 is 1.60 bits per heavy atom. The first kappa shape index (κ1) is 12.3. The first-order chi connectivity index (χ1) is 9.63. The lowest BCUT2D eigenvalue weighted by Gasteiger charge is -2.05. The van der Waals surface area contributed by atoms with Gasteiger partial charge in [-0.3, -0.25) is 0 Å². The third kappa shape index (κ3) is 2.25. The van der Waals surface area contributed by atoms with Gasteiger partial charge in [0, 0.05) is 11.6 Å². The second-order valence-electron chi connectivity index (χ2n) is 4.32. The number of benzene rings is 2. The molecule has 3 nitrogen and oxygen atoms in total. The molecule has 5 heteroatoms. The van der Waals surface area contributed by atoms with Crippen molar-refractivity contribution >= 4 is 5.88 Å². The molecular formula is C15H10F2N2O. The second kappa shape index (κ2) is 4.77. The van der Waals surface area contributed by atoms with E-state index in [4.69, 9.17) is 10.3 Å². The maximum absolute atomic E-state index is 13.9. The number of rotatable bonds is 2. The van der Waals surface area contributed by atoms with Crippen molar-refractivity contribution in [2.75, 3.05) is 5.73 Å². The van der Waals surface area contributed by atoms with Crippen molar-refractivity contribution in [1.29, 1.82) is 0 Å². The normalized spacial score (nSPS) is 10.7. The third-order valence-electron chi connectivity index (χ3n) is 2.95. The highest BCUT2D eigenvalue weighted by Gasteiger charge is 2.11. The molecule has 3 rings (SSSR count). The number of halogens is 2. The van der Waals surface area contributed by atoms with E-state index in [1.807, 2.05) is 0 Å². The van der Waals surface area contributed by atoms with Crippen molar-refractivity contribution in [2.24, 2.45) is 0 Å². The molecule has 20 heavy (non-hydrogen) atoms. The summed E-state index contributed by atoms with van der Waals surface area (Å²) in [6, 6.07) is 12.0. The van der Waals surface area contributed by atoms with Crippen LogP contribution in [-0.4, -0.2) is 5.16 Å². The Labute approximate surface area is 113 Å². The second-order valence-corrected chi connectivity index (χ2v) is 4.32. The van der Waals surface area contributed by atoms with E-state index in [-0.39, 0.29) is 17.3 Å². The van der Waals surface area contributed by atoms with Crippen molar-refractivity contribution in [1.82, 2.24) is 5.16 Å². The number of hydrogen-bond donors (Lipinski definition) is 1. The fraction of sp³-hybridized carbons (Fsp3) is 0. The van der Waals surface area contributed by atoms with Crippen LogP contribution in [0.2, 0.25) is 0 Å². The van der Waals surface area contributed by atoms with E-state index < -0.39 is 5.82 Å². The van der Waals surface area contributed by atoms with Gasteiger partial charge in [0.1, 0.15) is 17.3 Å². The van der Waals surface area contributed by atoms with E-state index in [1.54, 1.807) is 24.3 Å².